The van der Waals surface area contributed by atoms with Crippen LogP contribution in [0.1, 0.15) is 226 Å². The molecule has 2 N–H and O–H groups in total. The highest BCUT2D eigenvalue weighted by molar-refractivity contribution is 7.47. The fourth-order valence-corrected chi connectivity index (χ4v) is 8.37. The summed E-state index contributed by atoms with van der Waals surface area (Å²) < 4.78 is 39.6. The highest BCUT2D eigenvalue weighted by Crippen LogP contribution is 2.43. The van der Waals surface area contributed by atoms with Gasteiger partial charge >= 0.3 is 25.7 Å². The Hall–Kier alpha value is -4.38. The number of esters is 3. The molecule has 12 heteroatoms. The van der Waals surface area contributed by atoms with E-state index >= 15 is 0 Å². The largest absolute Gasteiger partial charge is 0.472 e. The molecular formula is C66H107O11P. The molecular weight excluding hydrogens is 1000 g/mol. The van der Waals surface area contributed by atoms with E-state index in [0.29, 0.717) is 19.3 Å². The number of carbonyl (C=O) groups is 3. The second-order valence-electron chi connectivity index (χ2n) is 19.4. The van der Waals surface area contributed by atoms with Crippen molar-refractivity contribution >= 4 is 25.7 Å². The predicted molar refractivity (Wildman–Crippen MR) is 325 cm³/mol. The molecule has 0 radical (unpaired) electrons. The smallest absolute Gasteiger partial charge is 0.462 e. The second-order valence-corrected chi connectivity index (χ2v) is 20.8. The summed E-state index contributed by atoms with van der Waals surface area (Å²) in [6.07, 6.45) is 74.0. The molecule has 0 aliphatic carbocycles. The van der Waals surface area contributed by atoms with Gasteiger partial charge in [-0.25, -0.2) is 4.57 Å². The lowest BCUT2D eigenvalue weighted by molar-refractivity contribution is -0.161. The number of ether oxygens (including phenoxy) is 3. The lowest BCUT2D eigenvalue weighted by atomic mass is 10.1. The summed E-state index contributed by atoms with van der Waals surface area (Å²) in [5.74, 6) is -1.54. The van der Waals surface area contributed by atoms with Crippen molar-refractivity contribution < 1.29 is 52.2 Å². The summed E-state index contributed by atoms with van der Waals surface area (Å²) in [5, 5.41) is 9.83. The Morgan fingerprint density at radius 3 is 0.962 bits per heavy atom. The normalized spacial score (nSPS) is 14.3. The number of aliphatic hydroxyl groups excluding tert-OH is 1. The molecule has 3 atom stereocenters. The summed E-state index contributed by atoms with van der Waals surface area (Å²) >= 11 is 0. The van der Waals surface area contributed by atoms with Crippen LogP contribution in [0.3, 0.4) is 0 Å². The van der Waals surface area contributed by atoms with Gasteiger partial charge in [0.25, 0.3) is 0 Å². The van der Waals surface area contributed by atoms with Crippen LogP contribution in [0.15, 0.2) is 134 Å². The molecule has 0 saturated carbocycles. The molecule has 0 heterocycles. The van der Waals surface area contributed by atoms with Crippen molar-refractivity contribution in [2.24, 2.45) is 0 Å². The van der Waals surface area contributed by atoms with Crippen molar-refractivity contribution in [1.82, 2.24) is 0 Å². The van der Waals surface area contributed by atoms with E-state index < -0.39 is 57.8 Å². The van der Waals surface area contributed by atoms with Gasteiger partial charge in [0.05, 0.1) is 19.8 Å². The van der Waals surface area contributed by atoms with Gasteiger partial charge in [0.1, 0.15) is 12.7 Å². The van der Waals surface area contributed by atoms with Crippen LogP contribution in [0.25, 0.3) is 0 Å². The highest BCUT2D eigenvalue weighted by atomic mass is 31.2. The van der Waals surface area contributed by atoms with Crippen LogP contribution in [0.2, 0.25) is 0 Å². The van der Waals surface area contributed by atoms with Crippen molar-refractivity contribution in [3.05, 3.63) is 134 Å². The Bertz CT molecular complexity index is 1820. The molecule has 0 aromatic heterocycles. The average molecular weight is 1110 g/mol. The molecule has 0 fully saturated rings. The van der Waals surface area contributed by atoms with Crippen LogP contribution >= 0.6 is 7.82 Å². The minimum Gasteiger partial charge on any atom is -0.462 e. The molecule has 3 unspecified atom stereocenters. The van der Waals surface area contributed by atoms with Gasteiger partial charge in [0.15, 0.2) is 6.10 Å². The molecule has 78 heavy (non-hydrogen) atoms. The number of hydrogen-bond donors (Lipinski definition) is 2. The fraction of sp³-hybridized carbons (Fsp3) is 0.621. The zero-order chi connectivity index (χ0) is 56.9. The first-order valence-corrected chi connectivity index (χ1v) is 31.6. The summed E-state index contributed by atoms with van der Waals surface area (Å²) in [7, 11) is -4.78. The van der Waals surface area contributed by atoms with E-state index in [0.717, 1.165) is 167 Å². The molecule has 0 aliphatic heterocycles. The minimum atomic E-state index is -4.78. The maximum Gasteiger partial charge on any atom is 0.472 e. The minimum absolute atomic E-state index is 0.137. The molecule has 0 spiro atoms. The Morgan fingerprint density at radius 1 is 0.359 bits per heavy atom. The number of allylic oxidation sites excluding steroid dienone is 22. The zero-order valence-electron chi connectivity index (χ0n) is 48.8. The van der Waals surface area contributed by atoms with Gasteiger partial charge in [-0.15, -0.1) is 0 Å². The van der Waals surface area contributed by atoms with Crippen LogP contribution in [0.4, 0.5) is 0 Å². The molecule has 442 valence electrons. The van der Waals surface area contributed by atoms with Crippen LogP contribution in [-0.4, -0.2) is 66.5 Å². The van der Waals surface area contributed by atoms with E-state index in [4.69, 9.17) is 23.3 Å². The number of phosphoric ester groups is 1. The molecule has 0 aliphatic rings. The van der Waals surface area contributed by atoms with Crippen LogP contribution in [0.5, 0.6) is 0 Å². The van der Waals surface area contributed by atoms with Crippen LogP contribution in [-0.2, 0) is 42.2 Å². The second kappa shape index (κ2) is 58.8. The van der Waals surface area contributed by atoms with Crippen molar-refractivity contribution in [2.75, 3.05) is 26.4 Å². The summed E-state index contributed by atoms with van der Waals surface area (Å²) in [6, 6.07) is 0. The van der Waals surface area contributed by atoms with Crippen LogP contribution in [0, 0.1) is 0 Å². The summed E-state index contributed by atoms with van der Waals surface area (Å²) in [6.45, 7) is 4.23. The highest BCUT2D eigenvalue weighted by Gasteiger charge is 2.28. The quantitative estimate of drug-likeness (QED) is 0.0197. The number of unbranched alkanes of at least 4 members (excludes halogenated alkanes) is 15. The number of hydrogen-bond acceptors (Lipinski definition) is 10. The third-order valence-corrected chi connectivity index (χ3v) is 13.0. The molecule has 0 rings (SSSR count). The number of carbonyl (C=O) groups excluding carboxylic acids is 3. The van der Waals surface area contributed by atoms with Gasteiger partial charge in [0, 0.05) is 19.3 Å². The standard InChI is InChI=1S/C66H107O11P/c1-4-7-10-13-16-19-22-25-28-30-31-33-36-39-42-45-48-51-54-57-66(70)77-63(59-73-64(68)55-52-49-46-43-40-37-35-32-29-26-23-20-17-14-11-8-5-2)61-75-78(71,72)74-60-62(58-67)76-65(69)56-53-50-47-44-41-38-34-27-24-21-18-15-12-9-6-3/h7-12,16-21,25-29,31,33-35,37,62-63,67H,4-6,13-15,22-24,30,32,36,38-61H2,1-3H3,(H,71,72)/b10-7-,11-8-,12-9-,19-16-,20-17-,21-18-,28-25-,29-26-,33-31-,34-27-,37-35-. The van der Waals surface area contributed by atoms with E-state index in [1.165, 1.54) is 0 Å². The van der Waals surface area contributed by atoms with E-state index in [1.807, 2.05) is 0 Å². The van der Waals surface area contributed by atoms with Crippen molar-refractivity contribution in [3.63, 3.8) is 0 Å². The van der Waals surface area contributed by atoms with Gasteiger partial charge in [0.2, 0.25) is 0 Å². The van der Waals surface area contributed by atoms with Crippen LogP contribution < -0.4 is 0 Å². The van der Waals surface area contributed by atoms with Gasteiger partial charge in [-0.2, -0.15) is 0 Å². The number of rotatable bonds is 54. The average Bonchev–Trinajstić information content (AvgIpc) is 3.43. The van der Waals surface area contributed by atoms with Gasteiger partial charge < -0.3 is 24.2 Å². The molecule has 0 amide bonds. The molecule has 11 nitrogen and oxygen atoms in total. The fourth-order valence-electron chi connectivity index (χ4n) is 7.59. The summed E-state index contributed by atoms with van der Waals surface area (Å²) in [4.78, 5) is 48.7. The van der Waals surface area contributed by atoms with E-state index in [2.05, 4.69) is 154 Å². The summed E-state index contributed by atoms with van der Waals surface area (Å²) in [5.41, 5.74) is 0. The van der Waals surface area contributed by atoms with E-state index in [-0.39, 0.29) is 25.9 Å². The van der Waals surface area contributed by atoms with E-state index in [1.54, 1.807) is 0 Å². The molecule has 0 aromatic carbocycles. The van der Waals surface area contributed by atoms with Gasteiger partial charge in [-0.3, -0.25) is 23.4 Å². The maximum atomic E-state index is 12.9. The monoisotopic (exact) mass is 1110 g/mol. The molecule has 0 aromatic rings. The number of aliphatic hydroxyl groups is 1. The number of phosphoric acid groups is 1. The lowest BCUT2D eigenvalue weighted by Gasteiger charge is -2.21. The molecule has 0 bridgehead atoms. The Kier molecular flexibility index (Phi) is 55.5. The third-order valence-electron chi connectivity index (χ3n) is 12.1. The SMILES string of the molecule is CC/C=C\C/C=C\C/C=C\C/C=C\CCCCCCCCC(=O)OC(COC(=O)CCCCCC/C=C\C/C=C\C/C=C\C/C=C\CC)COP(=O)(O)OCC(CO)OC(=O)CCCCCCC/C=C\C/C=C\C/C=C\CC. The van der Waals surface area contributed by atoms with Crippen molar-refractivity contribution in [2.45, 2.75) is 238 Å². The maximum absolute atomic E-state index is 12.9. The molecule has 0 saturated heterocycles. The van der Waals surface area contributed by atoms with Gasteiger partial charge in [-0.05, 0) is 128 Å². The predicted octanol–water partition coefficient (Wildman–Crippen LogP) is 18.1. The topological polar surface area (TPSA) is 155 Å². The van der Waals surface area contributed by atoms with Crippen molar-refractivity contribution in [3.8, 4) is 0 Å². The Morgan fingerprint density at radius 2 is 0.628 bits per heavy atom. The lowest BCUT2D eigenvalue weighted by Crippen LogP contribution is -2.30. The zero-order valence-corrected chi connectivity index (χ0v) is 49.7. The van der Waals surface area contributed by atoms with Gasteiger partial charge in [-0.1, -0.05) is 212 Å². The Labute approximate surface area is 474 Å². The first kappa shape index (κ1) is 73.6. The van der Waals surface area contributed by atoms with Crippen molar-refractivity contribution in [1.29, 1.82) is 0 Å². The third kappa shape index (κ3) is 56.3. The van der Waals surface area contributed by atoms with E-state index in [9.17, 15) is 28.9 Å². The Balaban J connectivity index is 4.82. The first-order chi connectivity index (χ1) is 38.2. The first-order valence-electron chi connectivity index (χ1n) is 30.1.